The first-order chi connectivity index (χ1) is 6.50. The van der Waals surface area contributed by atoms with Crippen molar-refractivity contribution in [3.05, 3.63) is 29.3 Å². The second-order valence-electron chi connectivity index (χ2n) is 3.53. The van der Waals surface area contributed by atoms with E-state index in [0.717, 1.165) is 11.3 Å². The van der Waals surface area contributed by atoms with Crippen LogP contribution >= 0.6 is 12.2 Å². The number of hydrogen-bond acceptors (Lipinski definition) is 2. The topological polar surface area (TPSA) is 12.5 Å². The van der Waals surface area contributed by atoms with Crippen LogP contribution in [0.2, 0.25) is 0 Å². The standard InChI is InChI=1S/C11H15NOS/c1-8-5-6-10(9(2)7-8)13-11(14)12(3)4/h5-7H,1-4H3. The summed E-state index contributed by atoms with van der Waals surface area (Å²) >= 11 is 5.06. The zero-order valence-electron chi connectivity index (χ0n) is 9.00. The van der Waals surface area contributed by atoms with Crippen molar-refractivity contribution in [2.24, 2.45) is 0 Å². The Hall–Kier alpha value is -1.09. The molecule has 0 saturated heterocycles. The molecule has 0 N–H and O–H groups in total. The van der Waals surface area contributed by atoms with E-state index in [1.807, 2.05) is 33.2 Å². The minimum absolute atomic E-state index is 0.483. The summed E-state index contributed by atoms with van der Waals surface area (Å²) in [5, 5.41) is 0.483. The number of benzene rings is 1. The number of thiocarbonyl (C=S) groups is 1. The number of rotatable bonds is 1. The van der Waals surface area contributed by atoms with Crippen LogP contribution in [0.1, 0.15) is 11.1 Å². The van der Waals surface area contributed by atoms with E-state index in [-0.39, 0.29) is 0 Å². The van der Waals surface area contributed by atoms with Crippen molar-refractivity contribution in [3.8, 4) is 5.75 Å². The number of hydrogen-bond donors (Lipinski definition) is 0. The number of aryl methyl sites for hydroxylation is 2. The minimum atomic E-state index is 0.483. The molecule has 0 bridgehead atoms. The van der Waals surface area contributed by atoms with Gasteiger partial charge in [-0.1, -0.05) is 17.7 Å². The van der Waals surface area contributed by atoms with E-state index in [1.165, 1.54) is 5.56 Å². The lowest BCUT2D eigenvalue weighted by atomic mass is 10.1. The lowest BCUT2D eigenvalue weighted by Gasteiger charge is -2.15. The Bertz CT molecular complexity index is 347. The molecule has 76 valence electrons. The van der Waals surface area contributed by atoms with Crippen LogP contribution in [0, 0.1) is 13.8 Å². The van der Waals surface area contributed by atoms with Crippen LogP contribution in [0.5, 0.6) is 5.75 Å². The first kappa shape index (κ1) is 11.0. The molecule has 0 heterocycles. The molecule has 1 aromatic carbocycles. The summed E-state index contributed by atoms with van der Waals surface area (Å²) in [7, 11) is 3.73. The van der Waals surface area contributed by atoms with E-state index < -0.39 is 0 Å². The van der Waals surface area contributed by atoms with Crippen molar-refractivity contribution in [1.29, 1.82) is 0 Å². The van der Waals surface area contributed by atoms with Gasteiger partial charge >= 0.3 is 0 Å². The average Bonchev–Trinajstić information content (AvgIpc) is 2.09. The molecule has 0 radical (unpaired) electrons. The molecule has 2 nitrogen and oxygen atoms in total. The molecule has 1 rings (SSSR count). The number of ether oxygens (including phenoxy) is 1. The molecule has 0 fully saturated rings. The molecule has 0 aromatic heterocycles. The van der Waals surface area contributed by atoms with Crippen molar-refractivity contribution in [2.75, 3.05) is 14.1 Å². The van der Waals surface area contributed by atoms with Crippen LogP contribution in [-0.2, 0) is 0 Å². The van der Waals surface area contributed by atoms with Gasteiger partial charge in [-0.15, -0.1) is 0 Å². The third-order valence-electron chi connectivity index (χ3n) is 1.89. The first-order valence-electron chi connectivity index (χ1n) is 4.47. The molecule has 0 aliphatic heterocycles. The summed E-state index contributed by atoms with van der Waals surface area (Å²) in [5.74, 6) is 0.828. The smallest absolute Gasteiger partial charge is 0.264 e. The van der Waals surface area contributed by atoms with Crippen LogP contribution in [0.3, 0.4) is 0 Å². The molecule has 3 heteroatoms. The zero-order chi connectivity index (χ0) is 10.7. The first-order valence-corrected chi connectivity index (χ1v) is 4.88. The highest BCUT2D eigenvalue weighted by molar-refractivity contribution is 7.80. The maximum Gasteiger partial charge on any atom is 0.264 e. The largest absolute Gasteiger partial charge is 0.432 e. The van der Waals surface area contributed by atoms with Gasteiger partial charge in [0.1, 0.15) is 5.75 Å². The normalized spacial score (nSPS) is 9.71. The summed E-state index contributed by atoms with van der Waals surface area (Å²) < 4.78 is 5.52. The highest BCUT2D eigenvalue weighted by Gasteiger charge is 2.04. The monoisotopic (exact) mass is 209 g/mol. The molecule has 0 aliphatic rings. The molecule has 1 aromatic rings. The fourth-order valence-electron chi connectivity index (χ4n) is 1.10. The molecular weight excluding hydrogens is 194 g/mol. The molecule has 14 heavy (non-hydrogen) atoms. The van der Waals surface area contributed by atoms with Crippen LogP contribution in [0.25, 0.3) is 0 Å². The Balaban J connectivity index is 2.82. The van der Waals surface area contributed by atoms with Gasteiger partial charge in [0.05, 0.1) is 0 Å². The molecule has 0 unspecified atom stereocenters. The lowest BCUT2D eigenvalue weighted by Crippen LogP contribution is -2.25. The SMILES string of the molecule is Cc1ccc(OC(=S)N(C)C)c(C)c1. The van der Waals surface area contributed by atoms with Crippen LogP contribution in [0.15, 0.2) is 18.2 Å². The lowest BCUT2D eigenvalue weighted by molar-refractivity contribution is 0.447. The Morgan fingerprint density at radius 1 is 1.29 bits per heavy atom. The highest BCUT2D eigenvalue weighted by Crippen LogP contribution is 2.19. The molecule has 0 amide bonds. The summed E-state index contributed by atoms with van der Waals surface area (Å²) in [5.41, 5.74) is 2.33. The van der Waals surface area contributed by atoms with Gasteiger partial charge in [0.25, 0.3) is 5.17 Å². The summed E-state index contributed by atoms with van der Waals surface area (Å²) in [6, 6.07) is 6.04. The van der Waals surface area contributed by atoms with Crippen LogP contribution < -0.4 is 4.74 Å². The van der Waals surface area contributed by atoms with Gasteiger partial charge in [0, 0.05) is 14.1 Å². The van der Waals surface area contributed by atoms with Gasteiger partial charge in [-0.25, -0.2) is 0 Å². The van der Waals surface area contributed by atoms with Crippen molar-refractivity contribution < 1.29 is 4.74 Å². The van der Waals surface area contributed by atoms with E-state index in [1.54, 1.807) is 4.90 Å². The van der Waals surface area contributed by atoms with Crippen molar-refractivity contribution in [3.63, 3.8) is 0 Å². The summed E-state index contributed by atoms with van der Waals surface area (Å²) in [6.45, 7) is 4.07. The Labute approximate surface area is 90.5 Å². The maximum absolute atomic E-state index is 5.52. The van der Waals surface area contributed by atoms with Crippen LogP contribution in [0.4, 0.5) is 0 Å². The second-order valence-corrected chi connectivity index (χ2v) is 3.88. The number of nitrogens with zero attached hydrogens (tertiary/aromatic N) is 1. The van der Waals surface area contributed by atoms with Crippen molar-refractivity contribution in [1.82, 2.24) is 4.90 Å². The highest BCUT2D eigenvalue weighted by atomic mass is 32.1. The van der Waals surface area contributed by atoms with Gasteiger partial charge in [-0.05, 0) is 37.7 Å². The maximum atomic E-state index is 5.52. The predicted molar refractivity (Wildman–Crippen MR) is 62.8 cm³/mol. The molecule has 0 aliphatic carbocycles. The van der Waals surface area contributed by atoms with E-state index in [9.17, 15) is 0 Å². The van der Waals surface area contributed by atoms with Gasteiger partial charge in [-0.3, -0.25) is 0 Å². The molecule has 0 saturated carbocycles. The third-order valence-corrected chi connectivity index (χ3v) is 2.34. The van der Waals surface area contributed by atoms with Crippen LogP contribution in [-0.4, -0.2) is 24.2 Å². The van der Waals surface area contributed by atoms with E-state index in [0.29, 0.717) is 5.17 Å². The van der Waals surface area contributed by atoms with Crippen molar-refractivity contribution in [2.45, 2.75) is 13.8 Å². The van der Waals surface area contributed by atoms with E-state index >= 15 is 0 Å². The minimum Gasteiger partial charge on any atom is -0.432 e. The summed E-state index contributed by atoms with van der Waals surface area (Å²) in [4.78, 5) is 1.77. The van der Waals surface area contributed by atoms with Gasteiger partial charge < -0.3 is 9.64 Å². The fraction of sp³-hybridized carbons (Fsp3) is 0.364. The van der Waals surface area contributed by atoms with E-state index in [4.69, 9.17) is 17.0 Å². The average molecular weight is 209 g/mol. The fourth-order valence-corrected chi connectivity index (χ4v) is 1.19. The van der Waals surface area contributed by atoms with Crippen molar-refractivity contribution >= 4 is 17.4 Å². The Morgan fingerprint density at radius 2 is 1.93 bits per heavy atom. The molecule has 0 atom stereocenters. The predicted octanol–water partition coefficient (Wildman–Crippen LogP) is 2.53. The van der Waals surface area contributed by atoms with Gasteiger partial charge in [-0.2, -0.15) is 0 Å². The summed E-state index contributed by atoms with van der Waals surface area (Å²) in [6.07, 6.45) is 0. The second kappa shape index (κ2) is 4.42. The van der Waals surface area contributed by atoms with Gasteiger partial charge in [0.15, 0.2) is 0 Å². The third kappa shape index (κ3) is 2.70. The van der Waals surface area contributed by atoms with E-state index in [2.05, 4.69) is 13.0 Å². The Kier molecular flexibility index (Phi) is 3.47. The molecule has 0 spiro atoms. The quantitative estimate of drug-likeness (QED) is 0.659. The molecular formula is C11H15NOS. The Morgan fingerprint density at radius 3 is 2.43 bits per heavy atom. The zero-order valence-corrected chi connectivity index (χ0v) is 9.81. The van der Waals surface area contributed by atoms with Gasteiger partial charge in [0.2, 0.25) is 0 Å².